The Morgan fingerprint density at radius 1 is 1.26 bits per heavy atom. The number of methoxy groups -OCH3 is 1. The highest BCUT2D eigenvalue weighted by molar-refractivity contribution is 6.05. The van der Waals surface area contributed by atoms with E-state index < -0.39 is 0 Å². The molecule has 2 aliphatic heterocycles. The molecule has 1 fully saturated rings. The fourth-order valence-electron chi connectivity index (χ4n) is 4.33. The molecule has 0 N–H and O–H groups in total. The van der Waals surface area contributed by atoms with E-state index in [4.69, 9.17) is 18.6 Å². The highest BCUT2D eigenvalue weighted by Gasteiger charge is 2.47. The Balaban J connectivity index is 1.84. The van der Waals surface area contributed by atoms with Crippen LogP contribution in [0.15, 0.2) is 33.0 Å². The molecule has 31 heavy (non-hydrogen) atoms. The monoisotopic (exact) mass is 420 g/mol. The van der Waals surface area contributed by atoms with Crippen molar-refractivity contribution >= 4 is 33.8 Å². The zero-order valence-corrected chi connectivity index (χ0v) is 18.3. The zero-order valence-electron chi connectivity index (χ0n) is 18.3. The van der Waals surface area contributed by atoms with Crippen molar-refractivity contribution in [3.63, 3.8) is 0 Å². The summed E-state index contributed by atoms with van der Waals surface area (Å²) >= 11 is 0. The molecule has 6 nitrogen and oxygen atoms in total. The number of hydrogen-bond donors (Lipinski definition) is 0. The number of hydrogen-bond acceptors (Lipinski definition) is 6. The number of carbonyl (C=O) groups excluding carboxylic acids is 1. The largest absolute Gasteiger partial charge is 0.496 e. The molecule has 3 heterocycles. The van der Waals surface area contributed by atoms with E-state index in [9.17, 15) is 9.59 Å². The van der Waals surface area contributed by atoms with Gasteiger partial charge in [0.15, 0.2) is 5.78 Å². The van der Waals surface area contributed by atoms with Crippen LogP contribution in [0.5, 0.6) is 11.5 Å². The molecule has 0 amide bonds. The van der Waals surface area contributed by atoms with Gasteiger partial charge in [0.2, 0.25) is 5.43 Å². The van der Waals surface area contributed by atoms with E-state index in [1.807, 2.05) is 32.9 Å². The van der Waals surface area contributed by atoms with E-state index in [0.717, 1.165) is 11.1 Å². The van der Waals surface area contributed by atoms with E-state index in [1.165, 1.54) is 14.0 Å². The van der Waals surface area contributed by atoms with Crippen molar-refractivity contribution in [3.05, 3.63) is 50.7 Å². The Bertz CT molecular complexity index is 1360. The number of ether oxygens (including phenoxy) is 3. The fraction of sp³-hybridized carbons (Fsp3) is 0.360. The van der Waals surface area contributed by atoms with Crippen LogP contribution >= 0.6 is 0 Å². The number of aryl methyl sites for hydroxylation is 1. The molecule has 6 heteroatoms. The maximum atomic E-state index is 13.8. The number of ketones is 1. The highest BCUT2D eigenvalue weighted by atomic mass is 16.6. The van der Waals surface area contributed by atoms with Gasteiger partial charge in [0, 0.05) is 17.6 Å². The standard InChI is InChI=1S/C25H24O6/c1-12-8-18-20(16-9-15(13(2)26)11-29-23(12)16)22(27)21-17(28-5)7-6-14(24(21)30-18)10-19-25(3,4)31-19/h6-9,19H,10-11H2,1-5H3/t19-/m0/s1. The van der Waals surface area contributed by atoms with Gasteiger partial charge in [-0.2, -0.15) is 0 Å². The number of rotatable bonds is 4. The van der Waals surface area contributed by atoms with E-state index in [1.54, 1.807) is 12.1 Å². The molecule has 1 atom stereocenters. The Morgan fingerprint density at radius 3 is 2.65 bits per heavy atom. The predicted octanol–water partition coefficient (Wildman–Crippen LogP) is 4.35. The van der Waals surface area contributed by atoms with Crippen molar-refractivity contribution in [3.8, 4) is 11.5 Å². The van der Waals surface area contributed by atoms with Gasteiger partial charge < -0.3 is 18.6 Å². The zero-order chi connectivity index (χ0) is 22.1. The molecular weight excluding hydrogens is 396 g/mol. The summed E-state index contributed by atoms with van der Waals surface area (Å²) in [5.41, 5.74) is 3.45. The van der Waals surface area contributed by atoms with E-state index in [0.29, 0.717) is 51.0 Å². The van der Waals surface area contributed by atoms with Gasteiger partial charge in [-0.3, -0.25) is 9.59 Å². The van der Waals surface area contributed by atoms with Crippen LogP contribution in [0.3, 0.4) is 0 Å². The van der Waals surface area contributed by atoms with Crippen molar-refractivity contribution in [2.24, 2.45) is 0 Å². The van der Waals surface area contributed by atoms with Gasteiger partial charge in [0.05, 0.1) is 24.2 Å². The molecule has 160 valence electrons. The molecule has 5 rings (SSSR count). The Hall–Kier alpha value is -3.12. The van der Waals surface area contributed by atoms with Crippen LogP contribution in [0.25, 0.3) is 28.0 Å². The van der Waals surface area contributed by atoms with Crippen LogP contribution in [0.1, 0.15) is 37.5 Å². The second-order valence-corrected chi connectivity index (χ2v) is 8.80. The first-order valence-corrected chi connectivity index (χ1v) is 10.3. The first-order valence-electron chi connectivity index (χ1n) is 10.3. The molecule has 0 aliphatic carbocycles. The van der Waals surface area contributed by atoms with Gasteiger partial charge in [-0.1, -0.05) is 6.07 Å². The molecule has 0 saturated carbocycles. The molecule has 0 unspecified atom stereocenters. The van der Waals surface area contributed by atoms with Crippen molar-refractivity contribution in [1.82, 2.24) is 0 Å². The number of carbonyl (C=O) groups is 1. The molecule has 3 aromatic rings. The third kappa shape index (κ3) is 3.05. The topological polar surface area (TPSA) is 78.3 Å². The maximum absolute atomic E-state index is 13.8. The van der Waals surface area contributed by atoms with Crippen molar-refractivity contribution in [2.45, 2.75) is 45.8 Å². The summed E-state index contributed by atoms with van der Waals surface area (Å²) in [6.07, 6.45) is 2.46. The molecule has 2 aliphatic rings. The third-order valence-electron chi connectivity index (χ3n) is 6.27. The summed E-state index contributed by atoms with van der Waals surface area (Å²) in [6.45, 7) is 7.68. The molecule has 0 spiro atoms. The lowest BCUT2D eigenvalue weighted by atomic mass is 9.95. The van der Waals surface area contributed by atoms with Gasteiger partial charge in [-0.25, -0.2) is 0 Å². The van der Waals surface area contributed by atoms with Crippen LogP contribution in [-0.2, 0) is 16.0 Å². The van der Waals surface area contributed by atoms with Crippen LogP contribution in [0.4, 0.5) is 0 Å². The Morgan fingerprint density at radius 2 is 2.00 bits per heavy atom. The van der Waals surface area contributed by atoms with Crippen LogP contribution in [0.2, 0.25) is 0 Å². The second-order valence-electron chi connectivity index (χ2n) is 8.80. The first-order chi connectivity index (χ1) is 14.7. The lowest BCUT2D eigenvalue weighted by Crippen LogP contribution is -2.16. The maximum Gasteiger partial charge on any atom is 0.205 e. The van der Waals surface area contributed by atoms with Gasteiger partial charge in [0.1, 0.15) is 34.7 Å². The average Bonchev–Trinajstić information content (AvgIpc) is 3.33. The SMILES string of the molecule is COc1ccc(C[C@@H]2OC2(C)C)c2oc3cc(C)c4c(c3c(=O)c12)C=C(C(C)=O)CO4. The summed E-state index contributed by atoms with van der Waals surface area (Å²) in [7, 11) is 1.53. The summed E-state index contributed by atoms with van der Waals surface area (Å²) < 4.78 is 23.4. The number of Topliss-reactive ketones (excluding diaryl/α,β-unsaturated/α-hetero) is 1. The molecule has 2 aromatic carbocycles. The van der Waals surface area contributed by atoms with Crippen LogP contribution in [0, 0.1) is 6.92 Å². The molecule has 1 aromatic heterocycles. The molecule has 0 radical (unpaired) electrons. The third-order valence-corrected chi connectivity index (χ3v) is 6.27. The lowest BCUT2D eigenvalue weighted by Gasteiger charge is -2.20. The van der Waals surface area contributed by atoms with Gasteiger partial charge in [-0.05, 0) is 57.0 Å². The normalized spacial score (nSPS) is 19.0. The summed E-state index contributed by atoms with van der Waals surface area (Å²) in [6, 6.07) is 5.54. The van der Waals surface area contributed by atoms with Gasteiger partial charge in [0.25, 0.3) is 0 Å². The minimum Gasteiger partial charge on any atom is -0.496 e. The number of epoxide rings is 1. The summed E-state index contributed by atoms with van der Waals surface area (Å²) in [5.74, 6) is 0.969. The lowest BCUT2D eigenvalue weighted by molar-refractivity contribution is -0.113. The van der Waals surface area contributed by atoms with E-state index in [2.05, 4.69) is 0 Å². The molecule has 1 saturated heterocycles. The molecular formula is C25H24O6. The van der Waals surface area contributed by atoms with Crippen molar-refractivity contribution in [2.75, 3.05) is 13.7 Å². The highest BCUT2D eigenvalue weighted by Crippen LogP contribution is 2.41. The van der Waals surface area contributed by atoms with Crippen LogP contribution < -0.4 is 14.9 Å². The Labute approximate surface area is 179 Å². The minimum atomic E-state index is -0.202. The van der Waals surface area contributed by atoms with E-state index >= 15 is 0 Å². The predicted molar refractivity (Wildman–Crippen MR) is 118 cm³/mol. The quantitative estimate of drug-likeness (QED) is 0.461. The Kier molecular flexibility index (Phi) is 4.28. The van der Waals surface area contributed by atoms with Crippen molar-refractivity contribution < 1.29 is 23.4 Å². The van der Waals surface area contributed by atoms with Gasteiger partial charge >= 0.3 is 0 Å². The number of benzene rings is 2. The molecule has 0 bridgehead atoms. The minimum absolute atomic E-state index is 0.0739. The fourth-order valence-corrected chi connectivity index (χ4v) is 4.33. The van der Waals surface area contributed by atoms with Gasteiger partial charge in [-0.15, -0.1) is 0 Å². The average molecular weight is 420 g/mol. The smallest absolute Gasteiger partial charge is 0.205 e. The second kappa shape index (κ2) is 6.69. The first kappa shape index (κ1) is 19.8. The summed E-state index contributed by atoms with van der Waals surface area (Å²) in [5, 5.41) is 0.783. The summed E-state index contributed by atoms with van der Waals surface area (Å²) in [4.78, 5) is 25.7. The van der Waals surface area contributed by atoms with E-state index in [-0.39, 0.29) is 29.5 Å². The number of fused-ring (bicyclic) bond motifs is 4. The van der Waals surface area contributed by atoms with Crippen LogP contribution in [-0.4, -0.2) is 31.2 Å². The van der Waals surface area contributed by atoms with Crippen molar-refractivity contribution in [1.29, 1.82) is 0 Å².